The van der Waals surface area contributed by atoms with Crippen LogP contribution < -0.4 is 5.32 Å². The minimum absolute atomic E-state index is 0.163. The lowest BCUT2D eigenvalue weighted by Gasteiger charge is -2.07. The van der Waals surface area contributed by atoms with Crippen LogP contribution in [0.1, 0.15) is 15.9 Å². The lowest BCUT2D eigenvalue weighted by atomic mass is 10.1. The van der Waals surface area contributed by atoms with E-state index in [9.17, 15) is 18.0 Å². The van der Waals surface area contributed by atoms with E-state index >= 15 is 0 Å². The zero-order valence-corrected chi connectivity index (χ0v) is 14.2. The third-order valence-corrected chi connectivity index (χ3v) is 4.18. The Morgan fingerprint density at radius 1 is 1.12 bits per heavy atom. The summed E-state index contributed by atoms with van der Waals surface area (Å²) in [6, 6.07) is 11.2. The molecule has 0 aliphatic rings. The van der Waals surface area contributed by atoms with Crippen LogP contribution in [0.15, 0.2) is 57.8 Å². The second-order valence-electron chi connectivity index (χ2n) is 5.17. The maximum absolute atomic E-state index is 12.7. The molecule has 9 heteroatoms. The summed E-state index contributed by atoms with van der Waals surface area (Å²) in [5, 5.41) is 9.82. The molecule has 3 aromatic rings. The zero-order valence-electron chi connectivity index (χ0n) is 13.4. The van der Waals surface area contributed by atoms with Gasteiger partial charge in [-0.15, -0.1) is 16.9 Å². The highest BCUT2D eigenvalue weighted by Gasteiger charge is 2.31. The topological polar surface area (TPSA) is 68.0 Å². The van der Waals surface area contributed by atoms with Crippen molar-refractivity contribution in [2.24, 2.45) is 0 Å². The molecular weight excluding hydrogens is 367 g/mol. The number of benzene rings is 2. The smallest absolute Gasteiger partial charge is 0.403 e. The van der Waals surface area contributed by atoms with Gasteiger partial charge in [-0.2, -0.15) is 13.2 Å². The summed E-state index contributed by atoms with van der Waals surface area (Å²) in [6.45, 7) is 0. The van der Waals surface area contributed by atoms with Gasteiger partial charge in [-0.25, -0.2) is 0 Å². The fourth-order valence-corrected chi connectivity index (χ4v) is 2.54. The minimum Gasteiger partial charge on any atom is -0.403 e. The number of hydrogen-bond donors (Lipinski definition) is 1. The minimum atomic E-state index is -4.53. The summed E-state index contributed by atoms with van der Waals surface area (Å²) in [6.07, 6.45) is -2.58. The number of nitrogens with one attached hydrogen (secondary N) is 1. The van der Waals surface area contributed by atoms with Gasteiger partial charge in [0.05, 0.1) is 5.56 Å². The van der Waals surface area contributed by atoms with Crippen LogP contribution in [0.4, 0.5) is 19.2 Å². The molecule has 5 nitrogen and oxygen atoms in total. The average molecular weight is 379 g/mol. The maximum Gasteiger partial charge on any atom is 0.416 e. The van der Waals surface area contributed by atoms with E-state index in [1.54, 1.807) is 23.9 Å². The molecule has 0 saturated carbocycles. The molecule has 0 aliphatic carbocycles. The summed E-state index contributed by atoms with van der Waals surface area (Å²) in [4.78, 5) is 13.2. The number of alkyl halides is 3. The molecule has 134 valence electrons. The maximum atomic E-state index is 12.7. The van der Waals surface area contributed by atoms with Crippen LogP contribution in [0.2, 0.25) is 0 Å². The van der Waals surface area contributed by atoms with Crippen LogP contribution in [-0.2, 0) is 6.18 Å². The Balaban J connectivity index is 1.75. The van der Waals surface area contributed by atoms with Crippen LogP contribution in [0.25, 0.3) is 11.5 Å². The Morgan fingerprint density at radius 3 is 2.50 bits per heavy atom. The van der Waals surface area contributed by atoms with E-state index in [0.29, 0.717) is 5.56 Å². The van der Waals surface area contributed by atoms with Gasteiger partial charge in [-0.1, -0.05) is 11.2 Å². The Hall–Kier alpha value is -2.81. The lowest BCUT2D eigenvalue weighted by Crippen LogP contribution is -2.14. The summed E-state index contributed by atoms with van der Waals surface area (Å²) in [5.74, 6) is -0.582. The first-order valence-corrected chi connectivity index (χ1v) is 8.56. The number of carbonyl (C=O) groups is 1. The van der Waals surface area contributed by atoms with Crippen molar-refractivity contribution in [2.45, 2.75) is 11.1 Å². The van der Waals surface area contributed by atoms with Crippen LogP contribution in [0.5, 0.6) is 0 Å². The van der Waals surface area contributed by atoms with Crippen molar-refractivity contribution in [1.29, 1.82) is 0 Å². The molecule has 0 radical (unpaired) electrons. The first-order valence-electron chi connectivity index (χ1n) is 7.33. The molecule has 26 heavy (non-hydrogen) atoms. The number of rotatable bonds is 4. The van der Waals surface area contributed by atoms with Gasteiger partial charge in [0.2, 0.25) is 5.89 Å². The second kappa shape index (κ2) is 7.20. The Morgan fingerprint density at radius 2 is 1.85 bits per heavy atom. The lowest BCUT2D eigenvalue weighted by molar-refractivity contribution is -0.137. The molecule has 0 spiro atoms. The predicted molar refractivity (Wildman–Crippen MR) is 90.9 cm³/mol. The Kier molecular flexibility index (Phi) is 4.99. The highest BCUT2D eigenvalue weighted by molar-refractivity contribution is 7.98. The van der Waals surface area contributed by atoms with Crippen molar-refractivity contribution in [3.63, 3.8) is 0 Å². The van der Waals surface area contributed by atoms with Gasteiger partial charge in [0.1, 0.15) is 0 Å². The van der Waals surface area contributed by atoms with Crippen LogP contribution in [-0.4, -0.2) is 22.4 Å². The standard InChI is InChI=1S/C17H12F3N3O2S/c1-26-13-7-5-10(6-8-13)15-22-23-16(25-15)21-14(24)11-3-2-4-12(9-11)17(18,19)20/h2-9H,1H3,(H,21,23,24). The quantitative estimate of drug-likeness (QED) is 0.664. The molecule has 3 rings (SSSR count). The van der Waals surface area contributed by atoms with E-state index in [1.165, 1.54) is 6.07 Å². The van der Waals surface area contributed by atoms with Gasteiger partial charge in [-0.3, -0.25) is 10.1 Å². The zero-order chi connectivity index (χ0) is 18.7. The van der Waals surface area contributed by atoms with E-state index < -0.39 is 17.6 Å². The number of thioether (sulfide) groups is 1. The molecule has 1 heterocycles. The van der Waals surface area contributed by atoms with Crippen molar-refractivity contribution < 1.29 is 22.4 Å². The van der Waals surface area contributed by atoms with Crippen molar-refractivity contribution in [1.82, 2.24) is 10.2 Å². The average Bonchev–Trinajstić information content (AvgIpc) is 3.09. The number of carbonyl (C=O) groups excluding carboxylic acids is 1. The summed E-state index contributed by atoms with van der Waals surface area (Å²) in [7, 11) is 0. The molecule has 1 aromatic heterocycles. The molecule has 0 atom stereocenters. The molecular formula is C17H12F3N3O2S. The SMILES string of the molecule is CSc1ccc(-c2nnc(NC(=O)c3cccc(C(F)(F)F)c3)o2)cc1. The summed E-state index contributed by atoms with van der Waals surface area (Å²) >= 11 is 1.58. The van der Waals surface area contributed by atoms with E-state index in [4.69, 9.17) is 4.42 Å². The van der Waals surface area contributed by atoms with Gasteiger partial charge in [0.25, 0.3) is 5.91 Å². The second-order valence-corrected chi connectivity index (χ2v) is 6.05. The summed E-state index contributed by atoms with van der Waals surface area (Å²) in [5.41, 5.74) is -0.413. The first kappa shape index (κ1) is 18.0. The Bertz CT molecular complexity index is 924. The molecule has 0 unspecified atom stereocenters. The fraction of sp³-hybridized carbons (Fsp3) is 0.118. The third kappa shape index (κ3) is 4.05. The van der Waals surface area contributed by atoms with Gasteiger partial charge in [0, 0.05) is 16.0 Å². The number of aromatic nitrogens is 2. The van der Waals surface area contributed by atoms with Crippen LogP contribution >= 0.6 is 11.8 Å². The number of amides is 1. The van der Waals surface area contributed by atoms with E-state index in [0.717, 1.165) is 23.1 Å². The number of halogens is 3. The number of nitrogens with zero attached hydrogens (tertiary/aromatic N) is 2. The van der Waals surface area contributed by atoms with Gasteiger partial charge in [0.15, 0.2) is 0 Å². The fourth-order valence-electron chi connectivity index (χ4n) is 2.13. The number of hydrogen-bond acceptors (Lipinski definition) is 5. The van der Waals surface area contributed by atoms with Gasteiger partial charge in [-0.05, 0) is 48.7 Å². The van der Waals surface area contributed by atoms with Crippen LogP contribution in [0, 0.1) is 0 Å². The molecule has 0 aliphatic heterocycles. The van der Waals surface area contributed by atoms with Crippen molar-refractivity contribution in [2.75, 3.05) is 11.6 Å². The molecule has 0 bridgehead atoms. The number of anilines is 1. The van der Waals surface area contributed by atoms with Crippen LogP contribution in [0.3, 0.4) is 0 Å². The normalized spacial score (nSPS) is 11.4. The highest BCUT2D eigenvalue weighted by Crippen LogP contribution is 2.30. The summed E-state index contributed by atoms with van der Waals surface area (Å²) < 4.78 is 43.5. The molecule has 0 fully saturated rings. The largest absolute Gasteiger partial charge is 0.416 e. The highest BCUT2D eigenvalue weighted by atomic mass is 32.2. The van der Waals surface area contributed by atoms with E-state index in [2.05, 4.69) is 15.5 Å². The van der Waals surface area contributed by atoms with Gasteiger partial charge >= 0.3 is 12.2 Å². The Labute approximate surface area is 150 Å². The molecule has 1 N–H and O–H groups in total. The van der Waals surface area contributed by atoms with Crippen molar-refractivity contribution in [3.8, 4) is 11.5 Å². The molecule has 0 saturated heterocycles. The van der Waals surface area contributed by atoms with E-state index in [1.807, 2.05) is 18.4 Å². The monoisotopic (exact) mass is 379 g/mol. The first-order chi connectivity index (χ1) is 12.4. The molecule has 1 amide bonds. The predicted octanol–water partition coefficient (Wildman–Crippen LogP) is 4.73. The third-order valence-electron chi connectivity index (χ3n) is 3.43. The van der Waals surface area contributed by atoms with Crippen molar-refractivity contribution >= 4 is 23.7 Å². The molecule has 2 aromatic carbocycles. The van der Waals surface area contributed by atoms with Gasteiger partial charge < -0.3 is 4.42 Å². The van der Waals surface area contributed by atoms with Crippen molar-refractivity contribution in [3.05, 3.63) is 59.7 Å². The van der Waals surface area contributed by atoms with E-state index in [-0.39, 0.29) is 17.5 Å².